The third-order valence-electron chi connectivity index (χ3n) is 2.99. The summed E-state index contributed by atoms with van der Waals surface area (Å²) < 4.78 is 1.62. The molecule has 21 heavy (non-hydrogen) atoms. The quantitative estimate of drug-likeness (QED) is 0.524. The van der Waals surface area contributed by atoms with Gasteiger partial charge in [-0.05, 0) is 26.0 Å². The predicted octanol–water partition coefficient (Wildman–Crippen LogP) is 1.21. The van der Waals surface area contributed by atoms with Crippen LogP contribution in [-0.4, -0.2) is 30.2 Å². The summed E-state index contributed by atoms with van der Waals surface area (Å²) in [6.07, 6.45) is 0. The maximum atomic E-state index is 11.0. The SMILES string of the molecule is Cc1cc(C)n(-c2cc([N+](=O)[O-])ccc2-c2nnn[n-]2)n1. The number of rotatable bonds is 3. The number of hydrogen-bond acceptors (Lipinski definition) is 6. The lowest BCUT2D eigenvalue weighted by atomic mass is 10.1. The fourth-order valence-corrected chi connectivity index (χ4v) is 2.12. The lowest BCUT2D eigenvalue weighted by Gasteiger charge is -2.11. The smallest absolute Gasteiger partial charge is 0.271 e. The molecule has 3 rings (SSSR count). The van der Waals surface area contributed by atoms with E-state index in [0.717, 1.165) is 11.4 Å². The minimum atomic E-state index is -0.457. The van der Waals surface area contributed by atoms with Gasteiger partial charge in [-0.25, -0.2) is 4.68 Å². The van der Waals surface area contributed by atoms with Crippen molar-refractivity contribution >= 4 is 5.69 Å². The van der Waals surface area contributed by atoms with Crippen molar-refractivity contribution in [1.82, 2.24) is 30.4 Å². The molecule has 0 aliphatic heterocycles. The Hall–Kier alpha value is -3.10. The van der Waals surface area contributed by atoms with Crippen LogP contribution in [0.25, 0.3) is 17.1 Å². The summed E-state index contributed by atoms with van der Waals surface area (Å²) in [7, 11) is 0. The van der Waals surface area contributed by atoms with Gasteiger partial charge in [0.2, 0.25) is 0 Å². The third-order valence-corrected chi connectivity index (χ3v) is 2.99. The first kappa shape index (κ1) is 12.9. The maximum Gasteiger partial charge on any atom is 0.271 e. The zero-order valence-corrected chi connectivity index (χ0v) is 11.3. The molecule has 0 radical (unpaired) electrons. The van der Waals surface area contributed by atoms with Crippen LogP contribution in [0.5, 0.6) is 0 Å². The molecule has 0 amide bonds. The maximum absolute atomic E-state index is 11.0. The van der Waals surface area contributed by atoms with Crippen LogP contribution in [0, 0.1) is 24.0 Å². The third kappa shape index (κ3) is 2.24. The van der Waals surface area contributed by atoms with Crippen LogP contribution in [0.15, 0.2) is 24.3 Å². The highest BCUT2D eigenvalue weighted by atomic mass is 16.6. The van der Waals surface area contributed by atoms with Gasteiger partial charge in [-0.15, -0.1) is 0 Å². The van der Waals surface area contributed by atoms with E-state index in [2.05, 4.69) is 25.7 Å². The summed E-state index contributed by atoms with van der Waals surface area (Å²) in [6, 6.07) is 6.28. The summed E-state index contributed by atoms with van der Waals surface area (Å²) in [4.78, 5) is 10.5. The Balaban J connectivity index is 2.26. The number of hydrogen-bond donors (Lipinski definition) is 0. The van der Waals surface area contributed by atoms with E-state index in [4.69, 9.17) is 0 Å². The first-order valence-corrected chi connectivity index (χ1v) is 6.07. The van der Waals surface area contributed by atoms with Crippen LogP contribution in [0.4, 0.5) is 5.69 Å². The molecule has 106 valence electrons. The molecule has 1 aromatic carbocycles. The van der Waals surface area contributed by atoms with E-state index in [9.17, 15) is 10.1 Å². The standard InChI is InChI=1S/C12H10N7O2/c1-7-5-8(2)18(15-7)11-6-9(19(20)21)3-4-10(11)12-13-16-17-14-12/h3-6H,1-2H3/q-1. The predicted molar refractivity (Wildman–Crippen MR) is 71.8 cm³/mol. The van der Waals surface area contributed by atoms with E-state index in [-0.39, 0.29) is 5.69 Å². The number of aromatic nitrogens is 6. The lowest BCUT2D eigenvalue weighted by Crippen LogP contribution is -2.03. The number of non-ortho nitro benzene ring substituents is 1. The number of benzene rings is 1. The molecule has 2 aromatic heterocycles. The van der Waals surface area contributed by atoms with Crippen LogP contribution < -0.4 is 5.10 Å². The van der Waals surface area contributed by atoms with Crippen LogP contribution in [0.3, 0.4) is 0 Å². The highest BCUT2D eigenvalue weighted by Crippen LogP contribution is 2.28. The fraction of sp³-hybridized carbons (Fsp3) is 0.167. The van der Waals surface area contributed by atoms with Crippen LogP contribution in [-0.2, 0) is 0 Å². The summed E-state index contributed by atoms with van der Waals surface area (Å²) in [5, 5.41) is 29.8. The number of nitro benzene ring substituents is 1. The molecule has 0 N–H and O–H groups in total. The number of nitro groups is 1. The topological polar surface area (TPSA) is 114 Å². The molecule has 0 bridgehead atoms. The van der Waals surface area contributed by atoms with Crippen LogP contribution in [0.2, 0.25) is 0 Å². The zero-order valence-electron chi connectivity index (χ0n) is 11.3. The number of tetrazole rings is 1. The molecular formula is C12H10N7O2-. The minimum absolute atomic E-state index is 0.0335. The van der Waals surface area contributed by atoms with Crippen LogP contribution in [0.1, 0.15) is 11.4 Å². The van der Waals surface area contributed by atoms with Gasteiger partial charge in [0.15, 0.2) is 0 Å². The normalized spacial score (nSPS) is 10.8. The molecule has 2 heterocycles. The molecule has 0 saturated heterocycles. The van der Waals surface area contributed by atoms with E-state index in [1.807, 2.05) is 19.9 Å². The molecule has 0 fully saturated rings. The van der Waals surface area contributed by atoms with Gasteiger partial charge in [0, 0.05) is 29.2 Å². The van der Waals surface area contributed by atoms with Crippen molar-refractivity contribution in [3.8, 4) is 17.1 Å². The van der Waals surface area contributed by atoms with Gasteiger partial charge in [0.1, 0.15) is 0 Å². The van der Waals surface area contributed by atoms with E-state index < -0.39 is 4.92 Å². The average Bonchev–Trinajstić information content (AvgIpc) is 3.07. The Labute approximate surface area is 118 Å². The Morgan fingerprint density at radius 1 is 1.29 bits per heavy atom. The molecule has 3 aromatic rings. The lowest BCUT2D eigenvalue weighted by molar-refractivity contribution is -0.384. The van der Waals surface area contributed by atoms with Crippen molar-refractivity contribution in [2.75, 3.05) is 0 Å². The monoisotopic (exact) mass is 284 g/mol. The molecule has 9 nitrogen and oxygen atoms in total. The Kier molecular flexibility index (Phi) is 2.94. The van der Waals surface area contributed by atoms with E-state index >= 15 is 0 Å². The van der Waals surface area contributed by atoms with Gasteiger partial charge in [0.05, 0.1) is 16.3 Å². The highest BCUT2D eigenvalue weighted by molar-refractivity contribution is 5.69. The van der Waals surface area contributed by atoms with Crippen molar-refractivity contribution in [1.29, 1.82) is 0 Å². The first-order valence-electron chi connectivity index (χ1n) is 6.07. The zero-order chi connectivity index (χ0) is 15.0. The molecule has 0 aliphatic carbocycles. The molecule has 9 heteroatoms. The van der Waals surface area contributed by atoms with Crippen molar-refractivity contribution in [2.24, 2.45) is 0 Å². The van der Waals surface area contributed by atoms with E-state index in [1.165, 1.54) is 12.1 Å². The highest BCUT2D eigenvalue weighted by Gasteiger charge is 2.15. The molecule has 0 saturated carbocycles. The van der Waals surface area contributed by atoms with Gasteiger partial charge in [-0.3, -0.25) is 20.4 Å². The molecule has 0 unspecified atom stereocenters. The summed E-state index contributed by atoms with van der Waals surface area (Å²) in [5.41, 5.74) is 2.72. The fourth-order valence-electron chi connectivity index (χ4n) is 2.12. The van der Waals surface area contributed by atoms with Gasteiger partial charge in [-0.1, -0.05) is 0 Å². The summed E-state index contributed by atoms with van der Waals surface area (Å²) in [6.45, 7) is 3.72. The van der Waals surface area contributed by atoms with Crippen molar-refractivity contribution in [3.63, 3.8) is 0 Å². The Bertz CT molecular complexity index is 807. The largest absolute Gasteiger partial charge is 0.330 e. The van der Waals surface area contributed by atoms with Gasteiger partial charge in [0.25, 0.3) is 5.69 Å². The van der Waals surface area contributed by atoms with Gasteiger partial charge < -0.3 is 5.10 Å². The van der Waals surface area contributed by atoms with Crippen molar-refractivity contribution < 1.29 is 4.92 Å². The molecule has 0 atom stereocenters. The van der Waals surface area contributed by atoms with Crippen LogP contribution >= 0.6 is 0 Å². The second-order valence-corrected chi connectivity index (χ2v) is 4.50. The Morgan fingerprint density at radius 2 is 2.10 bits per heavy atom. The first-order chi connectivity index (χ1) is 10.1. The summed E-state index contributed by atoms with van der Waals surface area (Å²) in [5.74, 6) is 0.299. The summed E-state index contributed by atoms with van der Waals surface area (Å²) >= 11 is 0. The number of nitrogens with zero attached hydrogens (tertiary/aromatic N) is 7. The molecule has 0 spiro atoms. The Morgan fingerprint density at radius 3 is 2.67 bits per heavy atom. The van der Waals surface area contributed by atoms with Crippen molar-refractivity contribution in [2.45, 2.75) is 13.8 Å². The average molecular weight is 284 g/mol. The second-order valence-electron chi connectivity index (χ2n) is 4.50. The molecular weight excluding hydrogens is 274 g/mol. The number of aryl methyl sites for hydroxylation is 2. The van der Waals surface area contributed by atoms with Gasteiger partial charge in [-0.2, -0.15) is 10.3 Å². The van der Waals surface area contributed by atoms with Gasteiger partial charge >= 0.3 is 0 Å². The van der Waals surface area contributed by atoms with E-state index in [1.54, 1.807) is 10.7 Å². The minimum Gasteiger partial charge on any atom is -0.330 e. The van der Waals surface area contributed by atoms with E-state index in [0.29, 0.717) is 17.1 Å². The second kappa shape index (κ2) is 4.78. The van der Waals surface area contributed by atoms with Crippen molar-refractivity contribution in [3.05, 3.63) is 45.8 Å². The molecule has 0 aliphatic rings.